The largest absolute Gasteiger partial charge is 0.491 e. The van der Waals surface area contributed by atoms with Gasteiger partial charge < -0.3 is 15.2 Å². The van der Waals surface area contributed by atoms with Crippen LogP contribution in [0.3, 0.4) is 0 Å². The number of benzene rings is 2. The minimum Gasteiger partial charge on any atom is -0.491 e. The molecule has 2 rings (SSSR count). The van der Waals surface area contributed by atoms with E-state index in [1.165, 1.54) is 12.1 Å². The number of rotatable bonds is 6. The van der Waals surface area contributed by atoms with Gasteiger partial charge in [-0.15, -0.1) is 0 Å². The monoisotopic (exact) mass is 313 g/mol. The van der Waals surface area contributed by atoms with Gasteiger partial charge in [0.05, 0.1) is 11.7 Å². The lowest BCUT2D eigenvalue weighted by Crippen LogP contribution is -2.13. The van der Waals surface area contributed by atoms with Crippen molar-refractivity contribution in [2.45, 2.75) is 26.4 Å². The molecule has 0 aromatic heterocycles. The van der Waals surface area contributed by atoms with Crippen LogP contribution < -0.4 is 10.1 Å². The predicted molar refractivity (Wildman–Crippen MR) is 88.2 cm³/mol. The van der Waals surface area contributed by atoms with E-state index in [0.29, 0.717) is 11.3 Å². The van der Waals surface area contributed by atoms with E-state index in [1.807, 2.05) is 13.8 Å². The quantitative estimate of drug-likeness (QED) is 0.850. The van der Waals surface area contributed by atoms with E-state index in [4.69, 9.17) is 9.84 Å². The van der Waals surface area contributed by atoms with Gasteiger partial charge in [-0.2, -0.15) is 0 Å². The lowest BCUT2D eigenvalue weighted by Gasteiger charge is -2.12. The molecular weight excluding hydrogens is 294 g/mol. The Bertz CT molecular complexity index is 677. The lowest BCUT2D eigenvalue weighted by atomic mass is 10.1. The molecule has 120 valence electrons. The molecule has 0 unspecified atom stereocenters. The van der Waals surface area contributed by atoms with Gasteiger partial charge in [-0.05, 0) is 61.9 Å². The van der Waals surface area contributed by atoms with Crippen LogP contribution in [0.5, 0.6) is 5.75 Å². The van der Waals surface area contributed by atoms with E-state index in [0.717, 1.165) is 12.2 Å². The Morgan fingerprint density at radius 3 is 2.13 bits per heavy atom. The first kappa shape index (κ1) is 16.5. The van der Waals surface area contributed by atoms with Crippen molar-refractivity contribution in [3.8, 4) is 5.75 Å². The number of carboxylic acids is 1. The van der Waals surface area contributed by atoms with Crippen molar-refractivity contribution in [1.29, 1.82) is 0 Å². The smallest absolute Gasteiger partial charge is 0.335 e. The van der Waals surface area contributed by atoms with E-state index in [2.05, 4.69) is 5.32 Å². The summed E-state index contributed by atoms with van der Waals surface area (Å²) in [5, 5.41) is 11.6. The minimum atomic E-state index is -1.00. The normalized spacial score (nSPS) is 11.6. The summed E-state index contributed by atoms with van der Waals surface area (Å²) in [6.07, 6.45) is 1.04. The van der Waals surface area contributed by atoms with Crippen molar-refractivity contribution in [1.82, 2.24) is 0 Å². The molecule has 0 radical (unpaired) electrons. The van der Waals surface area contributed by atoms with E-state index < -0.39 is 5.97 Å². The Morgan fingerprint density at radius 1 is 1.04 bits per heavy atom. The molecule has 1 amide bonds. The molecule has 5 heteroatoms. The van der Waals surface area contributed by atoms with Crippen molar-refractivity contribution in [3.63, 3.8) is 0 Å². The zero-order valence-electron chi connectivity index (χ0n) is 13.1. The third-order valence-electron chi connectivity index (χ3n) is 3.42. The van der Waals surface area contributed by atoms with Gasteiger partial charge in [-0.1, -0.05) is 6.92 Å². The number of amides is 1. The van der Waals surface area contributed by atoms with Crippen LogP contribution >= 0.6 is 0 Å². The zero-order valence-corrected chi connectivity index (χ0v) is 13.1. The summed E-state index contributed by atoms with van der Waals surface area (Å²) in [4.78, 5) is 22.9. The van der Waals surface area contributed by atoms with Crippen LogP contribution in [0.2, 0.25) is 0 Å². The maximum Gasteiger partial charge on any atom is 0.335 e. The second-order valence-electron chi connectivity index (χ2n) is 5.20. The number of aromatic carboxylic acids is 1. The first-order valence-corrected chi connectivity index (χ1v) is 7.41. The van der Waals surface area contributed by atoms with Crippen LogP contribution in [0, 0.1) is 0 Å². The van der Waals surface area contributed by atoms with Crippen LogP contribution in [-0.2, 0) is 0 Å². The first-order valence-electron chi connectivity index (χ1n) is 7.41. The number of carbonyl (C=O) groups is 2. The molecule has 0 saturated carbocycles. The first-order chi connectivity index (χ1) is 11.0. The summed E-state index contributed by atoms with van der Waals surface area (Å²) in [6.45, 7) is 4.03. The number of ether oxygens (including phenoxy) is 1. The standard InChI is InChI=1S/C18H19NO4/c1-3-12(2)23-16-10-6-13(7-11-16)17(20)19-15-8-4-14(5-9-15)18(21)22/h4-12H,3H2,1-2H3,(H,19,20)(H,21,22)/t12-/m1/s1. The van der Waals surface area contributed by atoms with Crippen LogP contribution in [0.15, 0.2) is 48.5 Å². The molecule has 2 N–H and O–H groups in total. The highest BCUT2D eigenvalue weighted by molar-refractivity contribution is 6.04. The van der Waals surface area contributed by atoms with Gasteiger partial charge in [0.15, 0.2) is 0 Å². The lowest BCUT2D eigenvalue weighted by molar-refractivity contribution is 0.0696. The van der Waals surface area contributed by atoms with Gasteiger partial charge in [0.1, 0.15) is 5.75 Å². The molecular formula is C18H19NO4. The molecule has 23 heavy (non-hydrogen) atoms. The SMILES string of the molecule is CC[C@@H](C)Oc1ccc(C(=O)Nc2ccc(C(=O)O)cc2)cc1. The fraction of sp³-hybridized carbons (Fsp3) is 0.222. The fourth-order valence-corrected chi connectivity index (χ4v) is 1.90. The zero-order chi connectivity index (χ0) is 16.8. The van der Waals surface area contributed by atoms with Crippen molar-refractivity contribution < 1.29 is 19.4 Å². The van der Waals surface area contributed by atoms with E-state index >= 15 is 0 Å². The van der Waals surface area contributed by atoms with E-state index in [9.17, 15) is 9.59 Å². The Hall–Kier alpha value is -2.82. The molecule has 0 saturated heterocycles. The van der Waals surface area contributed by atoms with Crippen LogP contribution in [0.4, 0.5) is 5.69 Å². The molecule has 1 atom stereocenters. The number of hydrogen-bond donors (Lipinski definition) is 2. The van der Waals surface area contributed by atoms with Crippen molar-refractivity contribution in [2.75, 3.05) is 5.32 Å². The second-order valence-corrected chi connectivity index (χ2v) is 5.20. The topological polar surface area (TPSA) is 75.6 Å². The molecule has 0 heterocycles. The molecule has 0 aliphatic carbocycles. The summed E-state index contributed by atoms with van der Waals surface area (Å²) in [5.74, 6) is -0.537. The van der Waals surface area contributed by atoms with Crippen LogP contribution in [0.1, 0.15) is 41.0 Å². The highest BCUT2D eigenvalue weighted by Gasteiger charge is 2.08. The summed E-state index contributed by atoms with van der Waals surface area (Å²) in [6, 6.07) is 12.9. The highest BCUT2D eigenvalue weighted by Crippen LogP contribution is 2.16. The molecule has 0 fully saturated rings. The molecule has 0 aliphatic heterocycles. The van der Waals surface area contributed by atoms with E-state index in [-0.39, 0.29) is 17.6 Å². The van der Waals surface area contributed by atoms with Gasteiger partial charge in [0.25, 0.3) is 5.91 Å². The number of hydrogen-bond acceptors (Lipinski definition) is 3. The highest BCUT2D eigenvalue weighted by atomic mass is 16.5. The maximum absolute atomic E-state index is 12.2. The molecule has 0 spiro atoms. The maximum atomic E-state index is 12.2. The van der Waals surface area contributed by atoms with Crippen molar-refractivity contribution in [3.05, 3.63) is 59.7 Å². The average Bonchev–Trinajstić information content (AvgIpc) is 2.55. The number of anilines is 1. The van der Waals surface area contributed by atoms with Gasteiger partial charge >= 0.3 is 5.97 Å². The fourth-order valence-electron chi connectivity index (χ4n) is 1.90. The second kappa shape index (κ2) is 7.45. The third-order valence-corrected chi connectivity index (χ3v) is 3.42. The van der Waals surface area contributed by atoms with E-state index in [1.54, 1.807) is 36.4 Å². The predicted octanol–water partition coefficient (Wildman–Crippen LogP) is 3.81. The molecule has 0 aliphatic rings. The minimum absolute atomic E-state index is 0.127. The van der Waals surface area contributed by atoms with Gasteiger partial charge in [0, 0.05) is 11.3 Å². The summed E-state index contributed by atoms with van der Waals surface area (Å²) in [7, 11) is 0. The van der Waals surface area contributed by atoms with Gasteiger partial charge in [-0.3, -0.25) is 4.79 Å². The Morgan fingerprint density at radius 2 is 1.61 bits per heavy atom. The molecule has 0 bridgehead atoms. The number of nitrogens with one attached hydrogen (secondary N) is 1. The summed E-state index contributed by atoms with van der Waals surface area (Å²) < 4.78 is 5.66. The third kappa shape index (κ3) is 4.57. The molecule has 2 aromatic carbocycles. The molecule has 2 aromatic rings. The van der Waals surface area contributed by atoms with Crippen LogP contribution in [-0.4, -0.2) is 23.1 Å². The number of carboxylic acid groups (broad SMARTS) is 1. The summed E-state index contributed by atoms with van der Waals surface area (Å²) >= 11 is 0. The van der Waals surface area contributed by atoms with Crippen molar-refractivity contribution >= 4 is 17.6 Å². The summed E-state index contributed by atoms with van der Waals surface area (Å²) in [5.41, 5.74) is 1.22. The Kier molecular flexibility index (Phi) is 5.36. The average molecular weight is 313 g/mol. The van der Waals surface area contributed by atoms with Crippen LogP contribution in [0.25, 0.3) is 0 Å². The Balaban J connectivity index is 2.01. The number of carbonyl (C=O) groups excluding carboxylic acids is 1. The Labute approximate surface area is 134 Å². The van der Waals surface area contributed by atoms with Crippen molar-refractivity contribution in [2.24, 2.45) is 0 Å². The van der Waals surface area contributed by atoms with Gasteiger partial charge in [-0.25, -0.2) is 4.79 Å². The molecule has 5 nitrogen and oxygen atoms in total. The van der Waals surface area contributed by atoms with Gasteiger partial charge in [0.2, 0.25) is 0 Å².